The molecule has 0 aliphatic rings. The first-order valence-corrected chi connectivity index (χ1v) is 9.48. The fraction of sp³-hybridized carbons (Fsp3) is 0.739. The maximum atomic E-state index is 4.18. The van der Waals surface area contributed by atoms with Crippen LogP contribution >= 0.6 is 0 Å². The number of rotatable bonds is 8. The van der Waals surface area contributed by atoms with E-state index in [1.165, 1.54) is 30.4 Å². The Balaban J connectivity index is 5.82. The van der Waals surface area contributed by atoms with E-state index >= 15 is 0 Å². The number of hydrogen-bond acceptors (Lipinski definition) is 0. The largest absolute Gasteiger partial charge is 0.0958 e. The zero-order valence-electron chi connectivity index (χ0n) is 17.7. The predicted molar refractivity (Wildman–Crippen MR) is 108 cm³/mol. The molecule has 0 heteroatoms. The highest BCUT2D eigenvalue weighted by molar-refractivity contribution is 5.35. The lowest BCUT2D eigenvalue weighted by molar-refractivity contribution is 0.385. The van der Waals surface area contributed by atoms with Crippen LogP contribution in [-0.4, -0.2) is 0 Å². The van der Waals surface area contributed by atoms with Crippen molar-refractivity contribution in [2.75, 3.05) is 0 Å². The van der Waals surface area contributed by atoms with Crippen LogP contribution in [0, 0.1) is 17.3 Å². The average molecular weight is 319 g/mol. The van der Waals surface area contributed by atoms with E-state index < -0.39 is 0 Å². The highest BCUT2D eigenvalue weighted by atomic mass is 14.3. The van der Waals surface area contributed by atoms with Gasteiger partial charge in [-0.2, -0.15) is 0 Å². The summed E-state index contributed by atoms with van der Waals surface area (Å²) in [7, 11) is 0. The van der Waals surface area contributed by atoms with E-state index in [2.05, 4.69) is 75.8 Å². The minimum absolute atomic E-state index is 0.351. The molecule has 0 saturated carbocycles. The van der Waals surface area contributed by atoms with Gasteiger partial charge >= 0.3 is 0 Å². The van der Waals surface area contributed by atoms with Crippen molar-refractivity contribution in [2.45, 2.75) is 94.9 Å². The van der Waals surface area contributed by atoms with Gasteiger partial charge in [0.1, 0.15) is 0 Å². The lowest BCUT2D eigenvalue weighted by atomic mass is 9.78. The first kappa shape index (κ1) is 22.2. The number of hydrogen-bond donors (Lipinski definition) is 0. The third-order valence-electron chi connectivity index (χ3n) is 5.26. The molecule has 0 aromatic rings. The Morgan fingerprint density at radius 1 is 0.870 bits per heavy atom. The topological polar surface area (TPSA) is 0 Å². The van der Waals surface area contributed by atoms with Gasteiger partial charge in [-0.1, -0.05) is 77.3 Å². The second kappa shape index (κ2) is 9.50. The van der Waals surface area contributed by atoms with E-state index in [0.717, 1.165) is 6.42 Å². The molecule has 0 fully saturated rings. The molecule has 2 unspecified atom stereocenters. The van der Waals surface area contributed by atoms with Gasteiger partial charge < -0.3 is 0 Å². The minimum Gasteiger partial charge on any atom is -0.0958 e. The minimum atomic E-state index is 0.351. The van der Waals surface area contributed by atoms with E-state index in [-0.39, 0.29) is 0 Å². The Hall–Kier alpha value is -0.780. The maximum Gasteiger partial charge on any atom is -0.00999 e. The highest BCUT2D eigenvalue weighted by Crippen LogP contribution is 2.36. The SMILES string of the molecule is C=C(C)C(C)=C(CC(C)=C(CC(C)(C)C)C(C)CC)C(C)CC. The molecule has 0 rings (SSSR count). The Morgan fingerprint density at radius 2 is 1.30 bits per heavy atom. The zero-order chi connectivity index (χ0) is 18.4. The highest BCUT2D eigenvalue weighted by Gasteiger charge is 2.20. The lowest BCUT2D eigenvalue weighted by Gasteiger charge is -2.28. The van der Waals surface area contributed by atoms with Crippen molar-refractivity contribution < 1.29 is 0 Å². The first-order valence-electron chi connectivity index (χ1n) is 9.48. The molecular weight excluding hydrogens is 276 g/mol. The molecule has 0 aliphatic heterocycles. The molecule has 0 aromatic carbocycles. The Kier molecular flexibility index (Phi) is 9.18. The monoisotopic (exact) mass is 318 g/mol. The van der Waals surface area contributed by atoms with Crippen LogP contribution in [0.15, 0.2) is 34.4 Å². The summed E-state index contributed by atoms with van der Waals surface area (Å²) in [5.74, 6) is 1.31. The molecule has 0 amide bonds. The van der Waals surface area contributed by atoms with Crippen LogP contribution in [0.1, 0.15) is 94.9 Å². The molecule has 0 nitrogen and oxygen atoms in total. The van der Waals surface area contributed by atoms with Crippen molar-refractivity contribution >= 4 is 0 Å². The molecule has 0 spiro atoms. The summed E-state index contributed by atoms with van der Waals surface area (Å²) in [4.78, 5) is 0. The van der Waals surface area contributed by atoms with E-state index in [4.69, 9.17) is 0 Å². The van der Waals surface area contributed by atoms with Crippen molar-refractivity contribution in [3.63, 3.8) is 0 Å². The molecule has 0 aromatic heterocycles. The number of allylic oxidation sites excluding steroid dienone is 5. The van der Waals surface area contributed by atoms with Gasteiger partial charge in [-0.15, -0.1) is 0 Å². The van der Waals surface area contributed by atoms with E-state index in [1.54, 1.807) is 16.7 Å². The third kappa shape index (κ3) is 7.55. The standard InChI is InChI=1S/C23H42/c1-12-17(5)21(20(8)16(3)4)14-19(7)22(18(6)13-2)15-23(9,10)11/h17-18H,3,12-15H2,1-2,4-11H3. The summed E-state index contributed by atoms with van der Waals surface area (Å²) in [6.45, 7) is 27.4. The van der Waals surface area contributed by atoms with Gasteiger partial charge in [0.25, 0.3) is 0 Å². The van der Waals surface area contributed by atoms with Gasteiger partial charge in [0.15, 0.2) is 0 Å². The normalized spacial score (nSPS) is 17.3. The third-order valence-corrected chi connectivity index (χ3v) is 5.26. The Labute approximate surface area is 147 Å². The average Bonchev–Trinajstić information content (AvgIpc) is 2.46. The molecule has 0 N–H and O–H groups in total. The quantitative estimate of drug-likeness (QED) is 0.313. The van der Waals surface area contributed by atoms with Gasteiger partial charge in [0.05, 0.1) is 0 Å². The van der Waals surface area contributed by atoms with Gasteiger partial charge in [0, 0.05) is 0 Å². The maximum absolute atomic E-state index is 4.18. The molecule has 0 saturated heterocycles. The van der Waals surface area contributed by atoms with E-state index in [0.29, 0.717) is 17.3 Å². The second-order valence-corrected chi connectivity index (χ2v) is 8.77. The summed E-state index contributed by atoms with van der Waals surface area (Å²) in [5, 5.41) is 0. The molecular formula is C23H42. The molecule has 23 heavy (non-hydrogen) atoms. The summed E-state index contributed by atoms with van der Waals surface area (Å²) < 4.78 is 0. The summed E-state index contributed by atoms with van der Waals surface area (Å²) in [6, 6.07) is 0. The van der Waals surface area contributed by atoms with Crippen LogP contribution < -0.4 is 0 Å². The van der Waals surface area contributed by atoms with Gasteiger partial charge in [-0.25, -0.2) is 0 Å². The fourth-order valence-corrected chi connectivity index (χ4v) is 3.16. The van der Waals surface area contributed by atoms with E-state index in [9.17, 15) is 0 Å². The molecule has 0 bridgehead atoms. The van der Waals surface area contributed by atoms with Crippen molar-refractivity contribution in [3.05, 3.63) is 34.4 Å². The fourth-order valence-electron chi connectivity index (χ4n) is 3.16. The smallest absolute Gasteiger partial charge is 0.00999 e. The van der Waals surface area contributed by atoms with Gasteiger partial charge in [0.2, 0.25) is 0 Å². The molecule has 0 aliphatic carbocycles. The second-order valence-electron chi connectivity index (χ2n) is 8.77. The van der Waals surface area contributed by atoms with Crippen LogP contribution in [0.5, 0.6) is 0 Å². The zero-order valence-corrected chi connectivity index (χ0v) is 17.7. The predicted octanol–water partition coefficient (Wildman–Crippen LogP) is 8.11. The summed E-state index contributed by atoms with van der Waals surface area (Å²) in [6.07, 6.45) is 4.74. The van der Waals surface area contributed by atoms with Gasteiger partial charge in [-0.3, -0.25) is 0 Å². The Morgan fingerprint density at radius 3 is 1.65 bits per heavy atom. The van der Waals surface area contributed by atoms with Crippen LogP contribution in [0.25, 0.3) is 0 Å². The molecule has 2 atom stereocenters. The van der Waals surface area contributed by atoms with E-state index in [1.807, 2.05) is 0 Å². The molecule has 134 valence electrons. The molecule has 0 heterocycles. The lowest BCUT2D eigenvalue weighted by Crippen LogP contribution is -2.13. The van der Waals surface area contributed by atoms with Crippen LogP contribution in [0.2, 0.25) is 0 Å². The van der Waals surface area contributed by atoms with Crippen molar-refractivity contribution in [2.24, 2.45) is 17.3 Å². The van der Waals surface area contributed by atoms with Crippen LogP contribution in [0.4, 0.5) is 0 Å². The van der Waals surface area contributed by atoms with Gasteiger partial charge in [-0.05, 0) is 69.3 Å². The van der Waals surface area contributed by atoms with Crippen molar-refractivity contribution in [1.29, 1.82) is 0 Å². The van der Waals surface area contributed by atoms with Crippen LogP contribution in [0.3, 0.4) is 0 Å². The summed E-state index contributed by atoms with van der Waals surface area (Å²) in [5.41, 5.74) is 7.84. The van der Waals surface area contributed by atoms with Crippen LogP contribution in [-0.2, 0) is 0 Å². The van der Waals surface area contributed by atoms with Crippen molar-refractivity contribution in [1.82, 2.24) is 0 Å². The first-order chi connectivity index (χ1) is 10.4. The molecule has 0 radical (unpaired) electrons. The van der Waals surface area contributed by atoms with Crippen molar-refractivity contribution in [3.8, 4) is 0 Å². The summed E-state index contributed by atoms with van der Waals surface area (Å²) >= 11 is 0. The Bertz CT molecular complexity index is 451.